The average Bonchev–Trinajstić information content (AvgIpc) is 2.70. The molecule has 0 unspecified atom stereocenters. The summed E-state index contributed by atoms with van der Waals surface area (Å²) in [6.45, 7) is 10.3. The Labute approximate surface area is 206 Å². The largest absolute Gasteiger partial charge is 0.416 e. The monoisotopic (exact) mass is 516 g/mol. The molecule has 0 bridgehead atoms. The zero-order valence-corrected chi connectivity index (χ0v) is 20.9. The van der Waals surface area contributed by atoms with Crippen molar-refractivity contribution in [1.82, 2.24) is 9.91 Å². The summed E-state index contributed by atoms with van der Waals surface area (Å²) in [5.74, 6) is -1.43. The Morgan fingerprint density at radius 2 is 1.50 bits per heavy atom. The van der Waals surface area contributed by atoms with Crippen molar-refractivity contribution >= 4 is 11.6 Å². The smallest absolute Gasteiger partial charge is 0.383 e. The van der Waals surface area contributed by atoms with Gasteiger partial charge in [0.15, 0.2) is 0 Å². The fourth-order valence-electron chi connectivity index (χ4n) is 3.04. The molecule has 0 heterocycles. The van der Waals surface area contributed by atoms with Crippen molar-refractivity contribution in [3.8, 4) is 0 Å². The van der Waals surface area contributed by atoms with Crippen LogP contribution in [0.15, 0.2) is 71.3 Å². The summed E-state index contributed by atoms with van der Waals surface area (Å²) < 4.78 is 80.3. The quantitative estimate of drug-likeness (QED) is 0.138. The summed E-state index contributed by atoms with van der Waals surface area (Å²) in [5, 5.41) is 5.26. The van der Waals surface area contributed by atoms with Gasteiger partial charge in [-0.05, 0) is 43.5 Å². The predicted octanol–water partition coefficient (Wildman–Crippen LogP) is 6.31. The molecule has 11 heteroatoms. The van der Waals surface area contributed by atoms with Crippen molar-refractivity contribution in [3.63, 3.8) is 0 Å². The standard InChI is InChI=1S/C25H30F6N4O/c1-8-35(14-21(23(32)36)18(9-15(2)3)13-34(6)7)33-22(16(4)5)17-10-19(24(26,27)28)12-20(11-17)25(29,30)31/h8-14,16H,1H2,2-7H3,(H2,32,36)/b18-13+,21-14+,33-22+. The van der Waals surface area contributed by atoms with Crippen LogP contribution in [0, 0.1) is 5.92 Å². The Morgan fingerprint density at radius 3 is 1.83 bits per heavy atom. The number of carbonyl (C=O) groups excluding carboxylic acids is 1. The van der Waals surface area contributed by atoms with E-state index in [1.807, 2.05) is 0 Å². The second kappa shape index (κ2) is 12.0. The van der Waals surface area contributed by atoms with Gasteiger partial charge in [-0.15, -0.1) is 0 Å². The number of allylic oxidation sites excluding steroid dienone is 2. The molecule has 0 aliphatic heterocycles. The van der Waals surface area contributed by atoms with Gasteiger partial charge in [-0.2, -0.15) is 31.4 Å². The summed E-state index contributed by atoms with van der Waals surface area (Å²) in [6, 6.07) is 1.26. The number of hydrogen-bond acceptors (Lipinski definition) is 4. The number of primary amides is 1. The van der Waals surface area contributed by atoms with Gasteiger partial charge < -0.3 is 10.6 Å². The zero-order valence-electron chi connectivity index (χ0n) is 20.9. The fourth-order valence-corrected chi connectivity index (χ4v) is 3.04. The number of hydrazone groups is 1. The minimum absolute atomic E-state index is 0.00308. The molecule has 0 aromatic heterocycles. The first-order chi connectivity index (χ1) is 16.4. The number of alkyl halides is 6. The number of rotatable bonds is 9. The first-order valence-corrected chi connectivity index (χ1v) is 10.7. The summed E-state index contributed by atoms with van der Waals surface area (Å²) in [6.07, 6.45) is -4.34. The summed E-state index contributed by atoms with van der Waals surface area (Å²) in [5.41, 5.74) is 3.45. The highest BCUT2D eigenvalue weighted by atomic mass is 19.4. The molecule has 1 aromatic carbocycles. The average molecular weight is 517 g/mol. The van der Waals surface area contributed by atoms with E-state index in [0.717, 1.165) is 16.8 Å². The maximum absolute atomic E-state index is 13.4. The van der Waals surface area contributed by atoms with E-state index >= 15 is 0 Å². The molecule has 2 N–H and O–H groups in total. The van der Waals surface area contributed by atoms with E-state index in [0.29, 0.717) is 17.7 Å². The lowest BCUT2D eigenvalue weighted by atomic mass is 9.95. The molecule has 0 radical (unpaired) electrons. The normalized spacial score (nSPS) is 13.5. The minimum Gasteiger partial charge on any atom is -0.383 e. The molecule has 0 aliphatic carbocycles. The lowest BCUT2D eigenvalue weighted by molar-refractivity contribution is -0.143. The van der Waals surface area contributed by atoms with Crippen LogP contribution in [0.3, 0.4) is 0 Å². The highest BCUT2D eigenvalue weighted by Crippen LogP contribution is 2.37. The van der Waals surface area contributed by atoms with Crippen LogP contribution in [0.2, 0.25) is 0 Å². The second-order valence-electron chi connectivity index (χ2n) is 8.67. The van der Waals surface area contributed by atoms with Crippen LogP contribution in [0.25, 0.3) is 0 Å². The third-order valence-corrected chi connectivity index (χ3v) is 4.52. The van der Waals surface area contributed by atoms with Crippen molar-refractivity contribution < 1.29 is 31.1 Å². The first kappa shape index (κ1) is 30.5. The van der Waals surface area contributed by atoms with Crippen LogP contribution >= 0.6 is 0 Å². The van der Waals surface area contributed by atoms with Crippen LogP contribution in [0.5, 0.6) is 0 Å². The summed E-state index contributed by atoms with van der Waals surface area (Å²) in [7, 11) is 3.45. The molecule has 36 heavy (non-hydrogen) atoms. The van der Waals surface area contributed by atoms with E-state index in [4.69, 9.17) is 5.73 Å². The van der Waals surface area contributed by atoms with E-state index in [-0.39, 0.29) is 22.9 Å². The molecule has 5 nitrogen and oxygen atoms in total. The maximum Gasteiger partial charge on any atom is 0.416 e. The lowest BCUT2D eigenvalue weighted by Crippen LogP contribution is -2.21. The van der Waals surface area contributed by atoms with E-state index in [9.17, 15) is 31.1 Å². The summed E-state index contributed by atoms with van der Waals surface area (Å²) in [4.78, 5) is 13.9. The SMILES string of the molecule is C=CN(/C=C(C(N)=O)\C(C=C(C)C)=C\N(C)C)/N=C(/c1cc(C(F)(F)F)cc(C(F)(F)F)c1)C(C)C. The molecule has 1 aromatic rings. The number of amides is 1. The highest BCUT2D eigenvalue weighted by Gasteiger charge is 2.37. The molecular weight excluding hydrogens is 486 g/mol. The predicted molar refractivity (Wildman–Crippen MR) is 128 cm³/mol. The van der Waals surface area contributed by atoms with Crippen LogP contribution in [0.1, 0.15) is 44.4 Å². The Morgan fingerprint density at radius 1 is 1.00 bits per heavy atom. The third-order valence-electron chi connectivity index (χ3n) is 4.52. The van der Waals surface area contributed by atoms with Crippen molar-refractivity contribution in [2.75, 3.05) is 14.1 Å². The molecule has 1 amide bonds. The summed E-state index contributed by atoms with van der Waals surface area (Å²) >= 11 is 0. The molecule has 198 valence electrons. The van der Waals surface area contributed by atoms with Crippen molar-refractivity contribution in [2.45, 2.75) is 40.0 Å². The molecule has 0 saturated carbocycles. The number of benzene rings is 1. The Balaban J connectivity index is 3.86. The van der Waals surface area contributed by atoms with Gasteiger partial charge >= 0.3 is 12.4 Å². The van der Waals surface area contributed by atoms with Gasteiger partial charge in [-0.3, -0.25) is 4.79 Å². The topological polar surface area (TPSA) is 61.9 Å². The van der Waals surface area contributed by atoms with E-state index in [1.165, 1.54) is 6.20 Å². The van der Waals surface area contributed by atoms with Gasteiger partial charge in [-0.1, -0.05) is 32.1 Å². The van der Waals surface area contributed by atoms with Crippen LogP contribution in [0.4, 0.5) is 26.3 Å². The van der Waals surface area contributed by atoms with Gasteiger partial charge in [-0.25, -0.2) is 5.01 Å². The molecule has 0 fully saturated rings. The number of hydrogen-bond donors (Lipinski definition) is 1. The van der Waals surface area contributed by atoms with E-state index < -0.39 is 35.3 Å². The molecule has 0 aliphatic rings. The second-order valence-corrected chi connectivity index (χ2v) is 8.67. The first-order valence-electron chi connectivity index (χ1n) is 10.7. The number of nitrogens with two attached hydrogens (primary N) is 1. The Bertz CT molecular complexity index is 1060. The lowest BCUT2D eigenvalue weighted by Gasteiger charge is -2.20. The van der Waals surface area contributed by atoms with Crippen molar-refractivity contribution in [1.29, 1.82) is 0 Å². The minimum atomic E-state index is -5.01. The van der Waals surface area contributed by atoms with Gasteiger partial charge in [0.2, 0.25) is 0 Å². The van der Waals surface area contributed by atoms with Crippen LogP contribution in [-0.2, 0) is 17.1 Å². The van der Waals surface area contributed by atoms with Crippen LogP contribution in [-0.4, -0.2) is 35.6 Å². The zero-order chi connectivity index (χ0) is 28.0. The van der Waals surface area contributed by atoms with E-state index in [1.54, 1.807) is 59.0 Å². The molecule has 0 atom stereocenters. The fraction of sp³-hybridized carbons (Fsp3) is 0.360. The van der Waals surface area contributed by atoms with Gasteiger partial charge in [0.05, 0.1) is 22.4 Å². The third kappa shape index (κ3) is 8.94. The van der Waals surface area contributed by atoms with Gasteiger partial charge in [0.1, 0.15) is 0 Å². The van der Waals surface area contributed by atoms with Gasteiger partial charge in [0, 0.05) is 38.3 Å². The van der Waals surface area contributed by atoms with Crippen molar-refractivity contribution in [3.05, 3.63) is 82.9 Å². The number of nitrogens with zero attached hydrogens (tertiary/aromatic N) is 3. The Hall–Kier alpha value is -3.50. The molecule has 0 saturated heterocycles. The van der Waals surface area contributed by atoms with E-state index in [2.05, 4.69) is 11.7 Å². The maximum atomic E-state index is 13.4. The highest BCUT2D eigenvalue weighted by molar-refractivity contribution is 6.02. The number of carbonyl (C=O) groups is 1. The molecule has 1 rings (SSSR count). The number of halogens is 6. The van der Waals surface area contributed by atoms with Crippen LogP contribution < -0.4 is 5.73 Å². The Kier molecular flexibility index (Phi) is 10.1. The molecule has 0 spiro atoms. The molecular formula is C25H30F6N4O. The van der Waals surface area contributed by atoms with Crippen molar-refractivity contribution in [2.24, 2.45) is 16.8 Å². The van der Waals surface area contributed by atoms with Gasteiger partial charge in [0.25, 0.3) is 5.91 Å².